The van der Waals surface area contributed by atoms with E-state index >= 15 is 0 Å². The molecular weight excluding hydrogens is 284 g/mol. The molecule has 0 saturated carbocycles. The fraction of sp³-hybridized carbons (Fsp3) is 0.100. The highest BCUT2D eigenvalue weighted by atomic mass is 79.9. The lowest BCUT2D eigenvalue weighted by molar-refractivity contribution is -0.134. The van der Waals surface area contributed by atoms with E-state index < -0.39 is 17.6 Å². The molecule has 0 heterocycles. The second kappa shape index (κ2) is 5.60. The smallest absolute Gasteiger partial charge is 0.331 e. The van der Waals surface area contributed by atoms with Crippen LogP contribution in [0, 0.1) is 11.6 Å². The molecule has 86 valence electrons. The molecule has 0 aliphatic carbocycles. The van der Waals surface area contributed by atoms with Crippen LogP contribution in [0.2, 0.25) is 0 Å². The van der Waals surface area contributed by atoms with E-state index in [0.29, 0.717) is 0 Å². The molecule has 0 radical (unpaired) electrons. The lowest BCUT2D eigenvalue weighted by atomic mass is 10.3. The van der Waals surface area contributed by atoms with E-state index in [4.69, 9.17) is 0 Å². The topological polar surface area (TPSA) is 38.3 Å². The Balaban J connectivity index is 2.82. The van der Waals surface area contributed by atoms with Crippen LogP contribution < -0.4 is 5.32 Å². The van der Waals surface area contributed by atoms with Crippen molar-refractivity contribution in [1.29, 1.82) is 0 Å². The van der Waals surface area contributed by atoms with Crippen molar-refractivity contribution in [2.45, 2.75) is 0 Å². The van der Waals surface area contributed by atoms with Crippen molar-refractivity contribution in [1.82, 2.24) is 0 Å². The lowest BCUT2D eigenvalue weighted by Gasteiger charge is -2.05. The summed E-state index contributed by atoms with van der Waals surface area (Å²) < 4.78 is 30.5. The predicted molar refractivity (Wildman–Crippen MR) is 58.8 cm³/mol. The van der Waals surface area contributed by atoms with Crippen LogP contribution in [0.15, 0.2) is 28.9 Å². The Bertz CT molecular complexity index is 412. The number of benzene rings is 1. The molecule has 0 bridgehead atoms. The normalized spacial score (nSPS) is 10.5. The zero-order chi connectivity index (χ0) is 12.1. The van der Waals surface area contributed by atoms with Gasteiger partial charge >= 0.3 is 5.97 Å². The quantitative estimate of drug-likeness (QED) is 0.687. The maximum Gasteiger partial charge on any atom is 0.331 e. The number of esters is 1. The van der Waals surface area contributed by atoms with Crippen LogP contribution in [0.25, 0.3) is 0 Å². The molecule has 0 aromatic heterocycles. The molecule has 1 N–H and O–H groups in total. The molecule has 1 aromatic rings. The van der Waals surface area contributed by atoms with Gasteiger partial charge in [0.1, 0.15) is 5.82 Å². The molecule has 0 saturated heterocycles. The number of hydrogen-bond donors (Lipinski definition) is 1. The van der Waals surface area contributed by atoms with Crippen LogP contribution >= 0.6 is 15.9 Å². The number of ether oxygens (including phenoxy) is 1. The summed E-state index contributed by atoms with van der Waals surface area (Å²) in [6.07, 6.45) is 2.28. The third-order valence-corrected chi connectivity index (χ3v) is 2.28. The predicted octanol–water partition coefficient (Wildman–Crippen LogP) is 2.83. The summed E-state index contributed by atoms with van der Waals surface area (Å²) in [7, 11) is 1.22. The van der Waals surface area contributed by atoms with Gasteiger partial charge in [-0.15, -0.1) is 0 Å². The minimum Gasteiger partial charge on any atom is -0.466 e. The first kappa shape index (κ1) is 12.6. The second-order valence-electron chi connectivity index (χ2n) is 2.75. The molecule has 6 heteroatoms. The summed E-state index contributed by atoms with van der Waals surface area (Å²) in [5, 5.41) is 2.50. The van der Waals surface area contributed by atoms with E-state index in [9.17, 15) is 13.6 Å². The summed E-state index contributed by atoms with van der Waals surface area (Å²) in [5.41, 5.74) is 0.0431. The molecule has 0 aliphatic rings. The first-order valence-electron chi connectivity index (χ1n) is 4.20. The summed E-state index contributed by atoms with van der Waals surface area (Å²) in [6, 6.07) is 1.84. The summed E-state index contributed by atoms with van der Waals surface area (Å²) in [5.74, 6) is -2.03. The van der Waals surface area contributed by atoms with Crippen LogP contribution in [-0.4, -0.2) is 13.1 Å². The van der Waals surface area contributed by atoms with E-state index in [1.165, 1.54) is 13.3 Å². The monoisotopic (exact) mass is 291 g/mol. The van der Waals surface area contributed by atoms with Gasteiger partial charge in [0.15, 0.2) is 5.82 Å². The van der Waals surface area contributed by atoms with Crippen molar-refractivity contribution in [3.05, 3.63) is 40.5 Å². The Morgan fingerprint density at radius 2 is 2.19 bits per heavy atom. The SMILES string of the molecule is COC(=O)/C=C/Nc1c(F)cc(F)cc1Br. The van der Waals surface area contributed by atoms with E-state index in [0.717, 1.165) is 18.2 Å². The Hall–Kier alpha value is -1.43. The van der Waals surface area contributed by atoms with Gasteiger partial charge in [-0.05, 0) is 22.0 Å². The number of hydrogen-bond acceptors (Lipinski definition) is 3. The van der Waals surface area contributed by atoms with Crippen molar-refractivity contribution in [2.24, 2.45) is 0 Å². The molecule has 3 nitrogen and oxygen atoms in total. The standard InChI is InChI=1S/C10H8BrF2NO2/c1-16-9(15)2-3-14-10-7(11)4-6(12)5-8(10)13/h2-5,14H,1H3/b3-2+. The van der Waals surface area contributed by atoms with Gasteiger partial charge < -0.3 is 10.1 Å². The molecule has 1 rings (SSSR count). The number of carbonyl (C=O) groups excluding carboxylic acids is 1. The number of carbonyl (C=O) groups is 1. The average molecular weight is 292 g/mol. The Kier molecular flexibility index (Phi) is 4.42. The van der Waals surface area contributed by atoms with Gasteiger partial charge in [-0.1, -0.05) is 0 Å². The summed E-state index contributed by atoms with van der Waals surface area (Å²) in [6.45, 7) is 0. The molecule has 16 heavy (non-hydrogen) atoms. The molecule has 0 fully saturated rings. The van der Waals surface area contributed by atoms with Gasteiger partial charge in [-0.3, -0.25) is 0 Å². The van der Waals surface area contributed by atoms with Crippen LogP contribution in [-0.2, 0) is 9.53 Å². The van der Waals surface area contributed by atoms with Gasteiger partial charge in [0.05, 0.1) is 12.8 Å². The average Bonchev–Trinajstić information content (AvgIpc) is 2.21. The van der Waals surface area contributed by atoms with E-state index in [2.05, 4.69) is 26.0 Å². The van der Waals surface area contributed by atoms with Crippen LogP contribution in [0.5, 0.6) is 0 Å². The Morgan fingerprint density at radius 1 is 1.50 bits per heavy atom. The van der Waals surface area contributed by atoms with Crippen molar-refractivity contribution in [3.8, 4) is 0 Å². The molecular formula is C10H8BrF2NO2. The van der Waals surface area contributed by atoms with Gasteiger partial charge in [0, 0.05) is 22.8 Å². The van der Waals surface area contributed by atoms with Gasteiger partial charge in [0.25, 0.3) is 0 Å². The van der Waals surface area contributed by atoms with E-state index in [-0.39, 0.29) is 10.2 Å². The fourth-order valence-electron chi connectivity index (χ4n) is 0.941. The van der Waals surface area contributed by atoms with Crippen molar-refractivity contribution >= 4 is 27.6 Å². The van der Waals surface area contributed by atoms with Crippen molar-refractivity contribution < 1.29 is 18.3 Å². The number of methoxy groups -OCH3 is 1. The van der Waals surface area contributed by atoms with Gasteiger partial charge in [0.2, 0.25) is 0 Å². The van der Waals surface area contributed by atoms with Crippen LogP contribution in [0.4, 0.5) is 14.5 Å². The van der Waals surface area contributed by atoms with E-state index in [1.807, 2.05) is 0 Å². The summed E-state index contributed by atoms with van der Waals surface area (Å²) in [4.78, 5) is 10.7. The lowest BCUT2D eigenvalue weighted by Crippen LogP contribution is -1.98. The van der Waals surface area contributed by atoms with Gasteiger partial charge in [-0.25, -0.2) is 13.6 Å². The number of rotatable bonds is 3. The molecule has 0 amide bonds. The fourth-order valence-corrected chi connectivity index (χ4v) is 1.46. The molecule has 1 aromatic carbocycles. The maximum atomic E-state index is 13.2. The van der Waals surface area contributed by atoms with Crippen LogP contribution in [0.3, 0.4) is 0 Å². The maximum absolute atomic E-state index is 13.2. The zero-order valence-corrected chi connectivity index (χ0v) is 9.85. The van der Waals surface area contributed by atoms with Gasteiger partial charge in [-0.2, -0.15) is 0 Å². The van der Waals surface area contributed by atoms with Crippen LogP contribution in [0.1, 0.15) is 0 Å². The van der Waals surface area contributed by atoms with E-state index in [1.54, 1.807) is 0 Å². The highest BCUT2D eigenvalue weighted by Gasteiger charge is 2.07. The third kappa shape index (κ3) is 3.30. The Morgan fingerprint density at radius 3 is 2.75 bits per heavy atom. The first-order valence-corrected chi connectivity index (χ1v) is 4.99. The second-order valence-corrected chi connectivity index (χ2v) is 3.60. The minimum atomic E-state index is -0.763. The number of anilines is 1. The summed E-state index contributed by atoms with van der Waals surface area (Å²) >= 11 is 2.99. The molecule has 0 unspecified atom stereocenters. The molecule has 0 spiro atoms. The third-order valence-electron chi connectivity index (χ3n) is 1.66. The number of nitrogens with one attached hydrogen (secondary N) is 1. The molecule has 0 atom stereocenters. The minimum absolute atomic E-state index is 0.0431. The van der Waals surface area contributed by atoms with Crippen molar-refractivity contribution in [2.75, 3.05) is 12.4 Å². The Labute approximate surface area is 99.2 Å². The highest BCUT2D eigenvalue weighted by molar-refractivity contribution is 9.10. The highest BCUT2D eigenvalue weighted by Crippen LogP contribution is 2.26. The zero-order valence-electron chi connectivity index (χ0n) is 8.26. The first-order chi connectivity index (χ1) is 7.54. The number of halogens is 3. The molecule has 0 aliphatic heterocycles. The largest absolute Gasteiger partial charge is 0.466 e. The van der Waals surface area contributed by atoms with Crippen molar-refractivity contribution in [3.63, 3.8) is 0 Å².